The van der Waals surface area contributed by atoms with Gasteiger partial charge in [-0.05, 0) is 59.0 Å². The Kier molecular flexibility index (Phi) is 4.42. The van der Waals surface area contributed by atoms with Crippen molar-refractivity contribution in [3.63, 3.8) is 0 Å². The lowest BCUT2D eigenvalue weighted by molar-refractivity contribution is -0.111. The molecule has 0 saturated carbocycles. The van der Waals surface area contributed by atoms with E-state index in [4.69, 9.17) is 10.8 Å². The van der Waals surface area contributed by atoms with Crippen LogP contribution in [0.15, 0.2) is 46.9 Å². The summed E-state index contributed by atoms with van der Waals surface area (Å²) >= 11 is 2.06. The molecule has 1 amide bonds. The van der Waals surface area contributed by atoms with Gasteiger partial charge in [0.2, 0.25) is 5.91 Å². The first kappa shape index (κ1) is 13.4. The summed E-state index contributed by atoms with van der Waals surface area (Å²) in [6.45, 7) is 0. The third-order valence-electron chi connectivity index (χ3n) is 2.29. The molecule has 4 heteroatoms. The second-order valence-electron chi connectivity index (χ2n) is 3.69. The van der Waals surface area contributed by atoms with Gasteiger partial charge in [-0.15, -0.1) is 6.42 Å². The lowest BCUT2D eigenvalue weighted by Gasteiger charge is -2.01. The Labute approximate surface area is 124 Å². The molecule has 0 spiro atoms. The summed E-state index contributed by atoms with van der Waals surface area (Å²) in [5.74, 6) is 2.92. The molecular weight excluding hydrogens is 353 g/mol. The first-order valence-corrected chi connectivity index (χ1v) is 6.56. The molecule has 0 fully saturated rings. The van der Waals surface area contributed by atoms with Gasteiger partial charge in [-0.3, -0.25) is 4.79 Å². The molecule has 1 heterocycles. The van der Waals surface area contributed by atoms with Crippen LogP contribution < -0.4 is 5.32 Å². The minimum absolute atomic E-state index is 0.236. The zero-order valence-corrected chi connectivity index (χ0v) is 12.0. The van der Waals surface area contributed by atoms with Crippen LogP contribution in [-0.2, 0) is 4.79 Å². The number of halogens is 1. The van der Waals surface area contributed by atoms with E-state index in [1.807, 2.05) is 6.07 Å². The van der Waals surface area contributed by atoms with Crippen LogP contribution in [0, 0.1) is 16.1 Å². The van der Waals surface area contributed by atoms with Crippen molar-refractivity contribution < 1.29 is 9.21 Å². The van der Waals surface area contributed by atoms with Crippen LogP contribution in [0.4, 0.5) is 5.69 Å². The van der Waals surface area contributed by atoms with Crippen LogP contribution >= 0.6 is 22.6 Å². The van der Waals surface area contributed by atoms with Crippen molar-refractivity contribution in [1.82, 2.24) is 0 Å². The average Bonchev–Trinajstić information content (AvgIpc) is 2.82. The number of benzene rings is 1. The van der Waals surface area contributed by atoms with Crippen LogP contribution in [-0.4, -0.2) is 5.91 Å². The third-order valence-corrected chi connectivity index (χ3v) is 2.87. The Morgan fingerprint density at radius 2 is 2.21 bits per heavy atom. The third kappa shape index (κ3) is 4.00. The number of rotatable bonds is 3. The van der Waals surface area contributed by atoms with E-state index >= 15 is 0 Å². The van der Waals surface area contributed by atoms with E-state index in [1.165, 1.54) is 6.08 Å². The summed E-state index contributed by atoms with van der Waals surface area (Å²) < 4.78 is 6.09. The first-order valence-electron chi connectivity index (χ1n) is 5.48. The maximum atomic E-state index is 11.7. The Hall–Kier alpha value is -2.00. The van der Waals surface area contributed by atoms with E-state index in [0.717, 1.165) is 9.33 Å². The zero-order valence-electron chi connectivity index (χ0n) is 9.89. The average molecular weight is 363 g/mol. The minimum Gasteiger partial charge on any atom is -0.451 e. The van der Waals surface area contributed by atoms with E-state index in [0.29, 0.717) is 11.4 Å². The number of carbonyl (C=O) groups excluding carboxylic acids is 1. The van der Waals surface area contributed by atoms with Crippen LogP contribution in [0.5, 0.6) is 0 Å². The highest BCUT2D eigenvalue weighted by Gasteiger charge is 2.00. The highest BCUT2D eigenvalue weighted by Crippen LogP contribution is 2.12. The van der Waals surface area contributed by atoms with E-state index in [-0.39, 0.29) is 5.91 Å². The van der Waals surface area contributed by atoms with Gasteiger partial charge in [0.15, 0.2) is 3.77 Å². The van der Waals surface area contributed by atoms with Crippen molar-refractivity contribution in [1.29, 1.82) is 0 Å². The number of hydrogen-bond acceptors (Lipinski definition) is 2. The lowest BCUT2D eigenvalue weighted by Crippen LogP contribution is -2.07. The van der Waals surface area contributed by atoms with Gasteiger partial charge in [-0.2, -0.15) is 0 Å². The molecule has 19 heavy (non-hydrogen) atoms. The second-order valence-corrected chi connectivity index (χ2v) is 4.75. The minimum atomic E-state index is -0.236. The highest BCUT2D eigenvalue weighted by atomic mass is 127. The first-order chi connectivity index (χ1) is 9.17. The second kappa shape index (κ2) is 6.25. The molecule has 1 aromatic carbocycles. The summed E-state index contributed by atoms with van der Waals surface area (Å²) in [7, 11) is 0. The number of nitrogens with one attached hydrogen (secondary N) is 1. The standard InChI is InChI=1S/C15H10INO2/c1-2-11-4-3-5-12(10-11)17-15(18)9-7-13-6-8-14(16)19-13/h1,3-10H,(H,17,18)/b9-7+. The molecule has 0 atom stereocenters. The summed E-state index contributed by atoms with van der Waals surface area (Å²) in [4.78, 5) is 11.7. The normalized spacial score (nSPS) is 10.3. The van der Waals surface area contributed by atoms with Gasteiger partial charge in [-0.25, -0.2) is 0 Å². The molecule has 2 rings (SSSR count). The van der Waals surface area contributed by atoms with Crippen LogP contribution in [0.1, 0.15) is 11.3 Å². The van der Waals surface area contributed by atoms with E-state index in [9.17, 15) is 4.79 Å². The van der Waals surface area contributed by atoms with Crippen LogP contribution in [0.2, 0.25) is 0 Å². The van der Waals surface area contributed by atoms with Gasteiger partial charge < -0.3 is 9.73 Å². The molecule has 2 aromatic rings. The summed E-state index contributed by atoms with van der Waals surface area (Å²) in [5.41, 5.74) is 1.39. The molecule has 0 saturated heterocycles. The summed E-state index contributed by atoms with van der Waals surface area (Å²) in [6.07, 6.45) is 8.32. The molecule has 94 valence electrons. The van der Waals surface area contributed by atoms with Crippen molar-refractivity contribution in [3.8, 4) is 12.3 Å². The molecule has 0 bridgehead atoms. The van der Waals surface area contributed by atoms with Crippen molar-refractivity contribution in [3.05, 3.63) is 57.6 Å². The molecule has 3 nitrogen and oxygen atoms in total. The van der Waals surface area contributed by atoms with Crippen molar-refractivity contribution in [2.24, 2.45) is 0 Å². The van der Waals surface area contributed by atoms with Gasteiger partial charge in [0.25, 0.3) is 0 Å². The molecule has 0 aliphatic carbocycles. The number of furan rings is 1. The summed E-state index contributed by atoms with van der Waals surface area (Å²) in [6, 6.07) is 10.7. The van der Waals surface area contributed by atoms with Gasteiger partial charge >= 0.3 is 0 Å². The van der Waals surface area contributed by atoms with E-state index in [2.05, 4.69) is 33.8 Å². The molecule has 0 radical (unpaired) electrons. The fourth-order valence-electron chi connectivity index (χ4n) is 1.45. The van der Waals surface area contributed by atoms with Crippen molar-refractivity contribution >= 4 is 40.3 Å². The quantitative estimate of drug-likeness (QED) is 0.515. The van der Waals surface area contributed by atoms with Crippen molar-refractivity contribution in [2.75, 3.05) is 5.32 Å². The van der Waals surface area contributed by atoms with Gasteiger partial charge in [0.1, 0.15) is 5.76 Å². The smallest absolute Gasteiger partial charge is 0.248 e. The van der Waals surface area contributed by atoms with E-state index in [1.54, 1.807) is 36.4 Å². The largest absolute Gasteiger partial charge is 0.451 e. The molecule has 0 aliphatic heterocycles. The predicted molar refractivity (Wildman–Crippen MR) is 83.5 cm³/mol. The molecule has 1 N–H and O–H groups in total. The van der Waals surface area contributed by atoms with Gasteiger partial charge in [-0.1, -0.05) is 12.0 Å². The number of amides is 1. The maximum Gasteiger partial charge on any atom is 0.248 e. The SMILES string of the molecule is C#Cc1cccc(NC(=O)/C=C/c2ccc(I)o2)c1. The fraction of sp³-hybridized carbons (Fsp3) is 0. The Balaban J connectivity index is 2.01. The highest BCUT2D eigenvalue weighted by molar-refractivity contribution is 14.1. The number of hydrogen-bond donors (Lipinski definition) is 1. The number of anilines is 1. The number of carbonyl (C=O) groups is 1. The Bertz CT molecular complexity index is 665. The van der Waals surface area contributed by atoms with Crippen LogP contribution in [0.3, 0.4) is 0 Å². The Morgan fingerprint density at radius 3 is 2.89 bits per heavy atom. The van der Waals surface area contributed by atoms with E-state index < -0.39 is 0 Å². The van der Waals surface area contributed by atoms with Crippen molar-refractivity contribution in [2.45, 2.75) is 0 Å². The number of terminal acetylenes is 1. The predicted octanol–water partition coefficient (Wildman–Crippen LogP) is 3.52. The van der Waals surface area contributed by atoms with Gasteiger partial charge in [0.05, 0.1) is 0 Å². The molecule has 0 aliphatic rings. The summed E-state index contributed by atoms with van der Waals surface area (Å²) in [5, 5.41) is 2.73. The maximum absolute atomic E-state index is 11.7. The molecule has 1 aromatic heterocycles. The fourth-order valence-corrected chi connectivity index (χ4v) is 1.88. The molecule has 0 unspecified atom stereocenters. The zero-order chi connectivity index (χ0) is 13.7. The van der Waals surface area contributed by atoms with Crippen LogP contribution in [0.25, 0.3) is 6.08 Å². The van der Waals surface area contributed by atoms with Gasteiger partial charge in [0, 0.05) is 17.3 Å². The Morgan fingerprint density at radius 1 is 1.37 bits per heavy atom. The lowest BCUT2D eigenvalue weighted by atomic mass is 10.2. The topological polar surface area (TPSA) is 42.2 Å². The molecular formula is C15H10INO2. The monoisotopic (exact) mass is 363 g/mol.